The van der Waals surface area contributed by atoms with Gasteiger partial charge in [-0.05, 0) is 49.7 Å². The molecule has 2 aromatic carbocycles. The van der Waals surface area contributed by atoms with Crippen LogP contribution in [-0.4, -0.2) is 28.8 Å². The quantitative estimate of drug-likeness (QED) is 0.291. The van der Waals surface area contributed by atoms with Gasteiger partial charge in [0, 0.05) is 17.8 Å². The number of ether oxygens (including phenoxy) is 1. The maximum Gasteiger partial charge on any atom is 0.338 e. The fraction of sp³-hybridized carbons (Fsp3) is 0.136. The van der Waals surface area contributed by atoms with Crippen molar-refractivity contribution in [1.82, 2.24) is 0 Å². The van der Waals surface area contributed by atoms with Crippen molar-refractivity contribution in [3.63, 3.8) is 0 Å². The van der Waals surface area contributed by atoms with Crippen molar-refractivity contribution in [2.75, 3.05) is 10.6 Å². The Kier molecular flexibility index (Phi) is 7.09. The third-order valence-corrected chi connectivity index (χ3v) is 4.85. The molecule has 0 aliphatic heterocycles. The topological polar surface area (TPSA) is 141 Å². The molecule has 2 N–H and O–H groups in total. The molecule has 1 aromatic heterocycles. The zero-order valence-corrected chi connectivity index (χ0v) is 18.2. The number of hydrogen-bond donors (Lipinski definition) is 2. The molecule has 10 nitrogen and oxygen atoms in total. The highest BCUT2D eigenvalue weighted by molar-refractivity contribution is 6.34. The Morgan fingerprint density at radius 2 is 1.85 bits per heavy atom. The van der Waals surface area contributed by atoms with Crippen LogP contribution in [-0.2, 0) is 9.53 Å². The fourth-order valence-corrected chi connectivity index (χ4v) is 2.93. The molecule has 3 rings (SSSR count). The summed E-state index contributed by atoms with van der Waals surface area (Å²) in [7, 11) is 0. The lowest BCUT2D eigenvalue weighted by Crippen LogP contribution is -2.30. The number of esters is 1. The first-order chi connectivity index (χ1) is 15.7. The summed E-state index contributed by atoms with van der Waals surface area (Å²) in [5, 5.41) is 15.9. The molecular formula is C22H18ClN3O7. The third-order valence-electron chi connectivity index (χ3n) is 4.54. The molecule has 3 aromatic rings. The summed E-state index contributed by atoms with van der Waals surface area (Å²) in [6.07, 6.45) is 0.164. The summed E-state index contributed by atoms with van der Waals surface area (Å²) in [6.45, 7) is 3.11. The normalized spacial score (nSPS) is 11.4. The molecule has 2 amide bonds. The van der Waals surface area contributed by atoms with Crippen molar-refractivity contribution < 1.29 is 28.5 Å². The Morgan fingerprint density at radius 3 is 2.48 bits per heavy atom. The van der Waals surface area contributed by atoms with E-state index >= 15 is 0 Å². The molecule has 0 saturated heterocycles. The van der Waals surface area contributed by atoms with Crippen molar-refractivity contribution in [2.24, 2.45) is 0 Å². The van der Waals surface area contributed by atoms with Gasteiger partial charge in [0.05, 0.1) is 27.5 Å². The first-order valence-corrected chi connectivity index (χ1v) is 9.95. The number of rotatable bonds is 7. The van der Waals surface area contributed by atoms with Crippen LogP contribution in [0.4, 0.5) is 17.1 Å². The summed E-state index contributed by atoms with van der Waals surface area (Å²) in [5.41, 5.74) is 1.09. The van der Waals surface area contributed by atoms with E-state index in [1.54, 1.807) is 19.1 Å². The van der Waals surface area contributed by atoms with Crippen LogP contribution >= 0.6 is 11.6 Å². The van der Waals surface area contributed by atoms with E-state index in [4.69, 9.17) is 20.8 Å². The zero-order valence-electron chi connectivity index (χ0n) is 17.5. The molecule has 0 fully saturated rings. The van der Waals surface area contributed by atoms with E-state index < -0.39 is 28.8 Å². The summed E-state index contributed by atoms with van der Waals surface area (Å²) in [5.74, 6) is -1.85. The lowest BCUT2D eigenvalue weighted by Gasteiger charge is -2.15. The van der Waals surface area contributed by atoms with Crippen molar-refractivity contribution in [2.45, 2.75) is 20.0 Å². The van der Waals surface area contributed by atoms with Crippen LogP contribution in [0.2, 0.25) is 5.02 Å². The average Bonchev–Trinajstić information content (AvgIpc) is 3.31. The van der Waals surface area contributed by atoms with Gasteiger partial charge in [-0.15, -0.1) is 0 Å². The van der Waals surface area contributed by atoms with E-state index in [1.807, 2.05) is 0 Å². The highest BCUT2D eigenvalue weighted by Crippen LogP contribution is 2.27. The first kappa shape index (κ1) is 23.5. The maximum atomic E-state index is 12.5. The number of furan rings is 1. The molecule has 0 radical (unpaired) electrons. The third kappa shape index (κ3) is 5.74. The Labute approximate surface area is 192 Å². The number of halogens is 1. The number of nitro groups is 1. The van der Waals surface area contributed by atoms with Crippen LogP contribution in [0.3, 0.4) is 0 Å². The van der Waals surface area contributed by atoms with E-state index in [0.29, 0.717) is 11.3 Å². The van der Waals surface area contributed by atoms with E-state index in [2.05, 4.69) is 10.6 Å². The molecule has 0 saturated carbocycles. The average molecular weight is 472 g/mol. The van der Waals surface area contributed by atoms with Gasteiger partial charge >= 0.3 is 5.97 Å². The van der Waals surface area contributed by atoms with Crippen molar-refractivity contribution in [3.05, 3.63) is 86.8 Å². The fourth-order valence-electron chi connectivity index (χ4n) is 2.71. The van der Waals surface area contributed by atoms with Crippen LogP contribution < -0.4 is 10.6 Å². The minimum absolute atomic E-state index is 0.0356. The molecule has 1 unspecified atom stereocenters. The Morgan fingerprint density at radius 1 is 1.09 bits per heavy atom. The van der Waals surface area contributed by atoms with E-state index in [9.17, 15) is 24.5 Å². The number of nitrogens with one attached hydrogen (secondary N) is 2. The first-order valence-electron chi connectivity index (χ1n) is 9.57. The van der Waals surface area contributed by atoms with Gasteiger partial charge in [0.1, 0.15) is 0 Å². The number of carbonyl (C=O) groups excluding carboxylic acids is 3. The number of amides is 2. The molecule has 11 heteroatoms. The summed E-state index contributed by atoms with van der Waals surface area (Å²) >= 11 is 5.97. The van der Waals surface area contributed by atoms with Gasteiger partial charge in [-0.25, -0.2) is 4.79 Å². The maximum absolute atomic E-state index is 12.5. The molecule has 1 heterocycles. The van der Waals surface area contributed by atoms with Crippen LogP contribution in [0.25, 0.3) is 0 Å². The van der Waals surface area contributed by atoms with Crippen LogP contribution in [0.1, 0.15) is 33.4 Å². The number of benzene rings is 2. The van der Waals surface area contributed by atoms with E-state index in [1.165, 1.54) is 43.5 Å². The largest absolute Gasteiger partial charge is 0.459 e. The molecule has 0 bridgehead atoms. The molecule has 170 valence electrons. The predicted octanol–water partition coefficient (Wildman–Crippen LogP) is 4.59. The number of nitrogens with zero attached hydrogens (tertiary/aromatic N) is 1. The van der Waals surface area contributed by atoms with Crippen molar-refractivity contribution in [1.29, 1.82) is 0 Å². The second-order valence-corrected chi connectivity index (χ2v) is 7.33. The van der Waals surface area contributed by atoms with Gasteiger partial charge in [0.15, 0.2) is 11.9 Å². The van der Waals surface area contributed by atoms with Crippen LogP contribution in [0.5, 0.6) is 0 Å². The standard InChI is InChI=1S/C22H18ClN3O7/c1-12-5-6-14(10-18(12)25-21(28)19-4-3-9-32-19)22(29)33-13(2)20(27)24-17-8-7-15(26(30)31)11-16(17)23/h3-11,13H,1-2H3,(H,24,27)(H,25,28). The smallest absolute Gasteiger partial charge is 0.338 e. The number of non-ortho nitro benzene ring substituents is 1. The summed E-state index contributed by atoms with van der Waals surface area (Å²) in [6, 6.07) is 11.2. The molecule has 0 spiro atoms. The molecular weight excluding hydrogens is 454 g/mol. The number of hydrogen-bond acceptors (Lipinski definition) is 7. The van der Waals surface area contributed by atoms with Gasteiger partial charge in [0.2, 0.25) is 0 Å². The van der Waals surface area contributed by atoms with E-state index in [0.717, 1.165) is 6.07 Å². The van der Waals surface area contributed by atoms with Crippen LogP contribution in [0.15, 0.2) is 59.2 Å². The SMILES string of the molecule is Cc1ccc(C(=O)OC(C)C(=O)Nc2ccc([N+](=O)[O-])cc2Cl)cc1NC(=O)c1ccco1. The highest BCUT2D eigenvalue weighted by atomic mass is 35.5. The van der Waals surface area contributed by atoms with Crippen molar-refractivity contribution >= 4 is 46.4 Å². The zero-order chi connectivity index (χ0) is 24.1. The lowest BCUT2D eigenvalue weighted by molar-refractivity contribution is -0.384. The Balaban J connectivity index is 1.66. The van der Waals surface area contributed by atoms with Gasteiger partial charge in [0.25, 0.3) is 17.5 Å². The molecule has 1 atom stereocenters. The van der Waals surface area contributed by atoms with Gasteiger partial charge in [-0.3, -0.25) is 19.7 Å². The number of carbonyl (C=O) groups is 3. The number of aryl methyl sites for hydroxylation is 1. The lowest BCUT2D eigenvalue weighted by atomic mass is 10.1. The second-order valence-electron chi connectivity index (χ2n) is 6.92. The summed E-state index contributed by atoms with van der Waals surface area (Å²) < 4.78 is 10.3. The van der Waals surface area contributed by atoms with Crippen LogP contribution in [0, 0.1) is 17.0 Å². The van der Waals surface area contributed by atoms with E-state index in [-0.39, 0.29) is 27.7 Å². The Bertz CT molecular complexity index is 1220. The monoisotopic (exact) mass is 471 g/mol. The second kappa shape index (κ2) is 9.96. The molecule has 33 heavy (non-hydrogen) atoms. The van der Waals surface area contributed by atoms with Gasteiger partial charge < -0.3 is 19.8 Å². The molecule has 0 aliphatic rings. The molecule has 0 aliphatic carbocycles. The van der Waals surface area contributed by atoms with Gasteiger partial charge in [-0.1, -0.05) is 17.7 Å². The summed E-state index contributed by atoms with van der Waals surface area (Å²) in [4.78, 5) is 47.3. The van der Waals surface area contributed by atoms with Gasteiger partial charge in [-0.2, -0.15) is 0 Å². The minimum atomic E-state index is -1.20. The minimum Gasteiger partial charge on any atom is -0.459 e. The Hall–Kier alpha value is -4.18. The predicted molar refractivity (Wildman–Crippen MR) is 119 cm³/mol. The number of nitro benzene ring substituents is 1. The number of anilines is 2. The highest BCUT2D eigenvalue weighted by Gasteiger charge is 2.21. The van der Waals surface area contributed by atoms with Crippen molar-refractivity contribution in [3.8, 4) is 0 Å².